The molecule has 22 heavy (non-hydrogen) atoms. The lowest BCUT2D eigenvalue weighted by molar-refractivity contribution is 0.245. The lowest BCUT2D eigenvalue weighted by atomic mass is 10.0. The van der Waals surface area contributed by atoms with E-state index in [0.29, 0.717) is 0 Å². The molecule has 1 aromatic rings. The highest BCUT2D eigenvalue weighted by atomic mass is 16.5. The van der Waals surface area contributed by atoms with Gasteiger partial charge in [0.15, 0.2) is 0 Å². The van der Waals surface area contributed by atoms with Gasteiger partial charge in [-0.15, -0.1) is 0 Å². The summed E-state index contributed by atoms with van der Waals surface area (Å²) in [6.07, 6.45) is 8.25. The van der Waals surface area contributed by atoms with E-state index in [-0.39, 0.29) is 0 Å². The number of ether oxygens (including phenoxy) is 2. The zero-order chi connectivity index (χ0) is 16.2. The second kappa shape index (κ2) is 10.9. The minimum absolute atomic E-state index is 0.795. The topological polar surface area (TPSA) is 18.5 Å². The van der Waals surface area contributed by atoms with Gasteiger partial charge in [-0.2, -0.15) is 0 Å². The zero-order valence-corrected chi connectivity index (χ0v) is 14.5. The monoisotopic (exact) mass is 302 g/mol. The fourth-order valence-electron chi connectivity index (χ4n) is 1.96. The maximum atomic E-state index is 5.55. The van der Waals surface area contributed by atoms with Crippen molar-refractivity contribution in [2.45, 2.75) is 53.4 Å². The third kappa shape index (κ3) is 6.84. The molecule has 2 nitrogen and oxygen atoms in total. The summed E-state index contributed by atoms with van der Waals surface area (Å²) < 4.78 is 11.1. The highest BCUT2D eigenvalue weighted by Gasteiger charge is 1.99. The number of hydrogen-bond acceptors (Lipinski definition) is 2. The van der Waals surface area contributed by atoms with Crippen molar-refractivity contribution in [3.8, 4) is 0 Å². The van der Waals surface area contributed by atoms with Gasteiger partial charge < -0.3 is 9.47 Å². The van der Waals surface area contributed by atoms with E-state index in [1.807, 2.05) is 12.5 Å². The van der Waals surface area contributed by atoms with Crippen molar-refractivity contribution in [1.82, 2.24) is 0 Å². The van der Waals surface area contributed by atoms with Crippen molar-refractivity contribution in [1.29, 1.82) is 0 Å². The summed E-state index contributed by atoms with van der Waals surface area (Å²) in [6, 6.07) is 8.53. The summed E-state index contributed by atoms with van der Waals surface area (Å²) in [5.41, 5.74) is 4.70. The standard InChI is InChI=1S/C20H30O2/c1-5-7-13-21-15-17(3)19-9-11-20(12-10-19)18(4)16-22-14-8-6-2/h9-12,15-16H,5-8,13-14H2,1-4H3. The maximum absolute atomic E-state index is 5.55. The first-order valence-corrected chi connectivity index (χ1v) is 8.36. The predicted octanol–water partition coefficient (Wildman–Crippen LogP) is 6.04. The molecule has 0 aliphatic rings. The summed E-state index contributed by atoms with van der Waals surface area (Å²) in [7, 11) is 0. The minimum atomic E-state index is 0.795. The molecule has 0 aliphatic carbocycles. The first kappa shape index (κ1) is 18.3. The third-order valence-corrected chi connectivity index (χ3v) is 3.55. The van der Waals surface area contributed by atoms with Gasteiger partial charge in [0.05, 0.1) is 25.7 Å². The summed E-state index contributed by atoms with van der Waals surface area (Å²) >= 11 is 0. The smallest absolute Gasteiger partial charge is 0.0873 e. The Morgan fingerprint density at radius 2 is 1.14 bits per heavy atom. The van der Waals surface area contributed by atoms with Gasteiger partial charge in [-0.25, -0.2) is 0 Å². The summed E-state index contributed by atoms with van der Waals surface area (Å²) in [5, 5.41) is 0. The van der Waals surface area contributed by atoms with Crippen molar-refractivity contribution in [3.05, 3.63) is 47.9 Å². The van der Waals surface area contributed by atoms with Crippen LogP contribution in [0, 0.1) is 0 Å². The SMILES string of the molecule is CCCCOC=C(C)c1ccc(C(C)=COCCCC)cc1. The molecule has 0 fully saturated rings. The average molecular weight is 302 g/mol. The van der Waals surface area contributed by atoms with Gasteiger partial charge in [0.25, 0.3) is 0 Å². The Balaban J connectivity index is 2.58. The van der Waals surface area contributed by atoms with E-state index in [4.69, 9.17) is 9.47 Å². The molecule has 0 bridgehead atoms. The molecule has 0 heterocycles. The van der Waals surface area contributed by atoms with Crippen LogP contribution in [0.5, 0.6) is 0 Å². The molecule has 0 unspecified atom stereocenters. The lowest BCUT2D eigenvalue weighted by Crippen LogP contribution is -1.89. The van der Waals surface area contributed by atoms with E-state index >= 15 is 0 Å². The van der Waals surface area contributed by atoms with E-state index in [9.17, 15) is 0 Å². The van der Waals surface area contributed by atoms with Gasteiger partial charge in [-0.1, -0.05) is 51.0 Å². The van der Waals surface area contributed by atoms with E-state index in [2.05, 4.69) is 52.0 Å². The Morgan fingerprint density at radius 1 is 0.773 bits per heavy atom. The first-order chi connectivity index (χ1) is 10.7. The summed E-state index contributed by atoms with van der Waals surface area (Å²) in [6.45, 7) is 10.1. The largest absolute Gasteiger partial charge is 0.501 e. The van der Waals surface area contributed by atoms with Crippen LogP contribution >= 0.6 is 0 Å². The molecule has 2 heteroatoms. The third-order valence-electron chi connectivity index (χ3n) is 3.55. The fraction of sp³-hybridized carbons (Fsp3) is 0.500. The number of allylic oxidation sites excluding steroid dienone is 2. The van der Waals surface area contributed by atoms with Crippen molar-refractivity contribution in [2.75, 3.05) is 13.2 Å². The Hall–Kier alpha value is -1.70. The van der Waals surface area contributed by atoms with E-state index in [1.165, 1.54) is 11.1 Å². The molecule has 0 atom stereocenters. The van der Waals surface area contributed by atoms with Gasteiger partial charge in [0, 0.05) is 0 Å². The predicted molar refractivity (Wildman–Crippen MR) is 95.5 cm³/mol. The quantitative estimate of drug-likeness (QED) is 0.387. The summed E-state index contributed by atoms with van der Waals surface area (Å²) in [5.74, 6) is 0. The second-order valence-electron chi connectivity index (χ2n) is 5.63. The van der Waals surface area contributed by atoms with Crippen molar-refractivity contribution < 1.29 is 9.47 Å². The lowest BCUT2D eigenvalue weighted by Gasteiger charge is -2.07. The second-order valence-corrected chi connectivity index (χ2v) is 5.63. The molecular formula is C20H30O2. The molecule has 0 aromatic heterocycles. The number of unbranched alkanes of at least 4 members (excludes halogenated alkanes) is 2. The minimum Gasteiger partial charge on any atom is -0.501 e. The van der Waals surface area contributed by atoms with Gasteiger partial charge in [-0.05, 0) is 49.0 Å². The van der Waals surface area contributed by atoms with Crippen LogP contribution in [0.15, 0.2) is 36.8 Å². The van der Waals surface area contributed by atoms with Crippen LogP contribution < -0.4 is 0 Å². The Labute approximate surface area is 135 Å². The number of hydrogen-bond donors (Lipinski definition) is 0. The molecule has 0 radical (unpaired) electrons. The molecule has 0 N–H and O–H groups in total. The number of benzene rings is 1. The van der Waals surface area contributed by atoms with Crippen molar-refractivity contribution in [2.24, 2.45) is 0 Å². The van der Waals surface area contributed by atoms with Gasteiger partial charge in [0.1, 0.15) is 0 Å². The van der Waals surface area contributed by atoms with Crippen LogP contribution in [0.3, 0.4) is 0 Å². The van der Waals surface area contributed by atoms with E-state index < -0.39 is 0 Å². The molecule has 0 spiro atoms. The molecule has 0 amide bonds. The average Bonchev–Trinajstić information content (AvgIpc) is 2.55. The molecule has 122 valence electrons. The Bertz CT molecular complexity index is 424. The van der Waals surface area contributed by atoms with E-state index in [1.54, 1.807) is 0 Å². The highest BCUT2D eigenvalue weighted by molar-refractivity contribution is 5.68. The van der Waals surface area contributed by atoms with Crippen LogP contribution in [0.2, 0.25) is 0 Å². The van der Waals surface area contributed by atoms with Crippen LogP contribution in [0.4, 0.5) is 0 Å². The highest BCUT2D eigenvalue weighted by Crippen LogP contribution is 2.19. The molecule has 0 saturated carbocycles. The Kier molecular flexibility index (Phi) is 9.13. The van der Waals surface area contributed by atoms with Crippen molar-refractivity contribution in [3.63, 3.8) is 0 Å². The van der Waals surface area contributed by atoms with Crippen LogP contribution in [-0.2, 0) is 9.47 Å². The maximum Gasteiger partial charge on any atom is 0.0873 e. The van der Waals surface area contributed by atoms with Gasteiger partial charge >= 0.3 is 0 Å². The first-order valence-electron chi connectivity index (χ1n) is 8.36. The summed E-state index contributed by atoms with van der Waals surface area (Å²) in [4.78, 5) is 0. The fourth-order valence-corrected chi connectivity index (χ4v) is 1.96. The van der Waals surface area contributed by atoms with Crippen LogP contribution in [0.1, 0.15) is 64.5 Å². The Morgan fingerprint density at radius 3 is 1.45 bits per heavy atom. The van der Waals surface area contributed by atoms with Gasteiger partial charge in [0.2, 0.25) is 0 Å². The number of rotatable bonds is 10. The van der Waals surface area contributed by atoms with Crippen LogP contribution in [-0.4, -0.2) is 13.2 Å². The molecule has 0 aliphatic heterocycles. The molecule has 0 saturated heterocycles. The molecular weight excluding hydrogens is 272 g/mol. The molecule has 1 aromatic carbocycles. The van der Waals surface area contributed by atoms with Crippen molar-refractivity contribution >= 4 is 11.1 Å². The normalized spacial score (nSPS) is 12.4. The molecule has 1 rings (SSSR count). The van der Waals surface area contributed by atoms with Crippen LogP contribution in [0.25, 0.3) is 11.1 Å². The zero-order valence-electron chi connectivity index (χ0n) is 14.5. The van der Waals surface area contributed by atoms with Gasteiger partial charge in [-0.3, -0.25) is 0 Å². The van der Waals surface area contributed by atoms with E-state index in [0.717, 1.165) is 50.0 Å².